The third-order valence-electron chi connectivity index (χ3n) is 7.55. The van der Waals surface area contributed by atoms with E-state index in [2.05, 4.69) is 17.6 Å². The SMILES string of the molecule is CCCCCCCCCCCCCCCCCC(=O)Nc1cccc(C(=O)Nc2cccc3cccc(O)c23)c1. The molecule has 0 heterocycles. The van der Waals surface area contributed by atoms with Crippen molar-refractivity contribution in [2.75, 3.05) is 10.6 Å². The Morgan fingerprint density at radius 3 is 1.82 bits per heavy atom. The summed E-state index contributed by atoms with van der Waals surface area (Å²) in [5.74, 6) is -0.200. The minimum absolute atomic E-state index is 0.0220. The molecule has 0 saturated heterocycles. The van der Waals surface area contributed by atoms with Crippen LogP contribution in [0.25, 0.3) is 10.8 Å². The maximum atomic E-state index is 12.9. The maximum Gasteiger partial charge on any atom is 0.255 e. The standard InChI is InChI=1S/C35H48N2O3/c1-2-3-4-5-6-7-8-9-10-11-12-13-14-15-16-26-33(39)36-30-23-17-22-29(27-30)35(40)37-31-24-18-20-28-21-19-25-32(38)34(28)31/h17-25,27,38H,2-16,26H2,1H3,(H,36,39)(H,37,40). The van der Waals surface area contributed by atoms with Crippen LogP contribution in [0.3, 0.4) is 0 Å². The third-order valence-corrected chi connectivity index (χ3v) is 7.55. The smallest absolute Gasteiger partial charge is 0.255 e. The van der Waals surface area contributed by atoms with E-state index in [1.165, 1.54) is 83.5 Å². The first-order chi connectivity index (χ1) is 19.6. The summed E-state index contributed by atoms with van der Waals surface area (Å²) >= 11 is 0. The summed E-state index contributed by atoms with van der Waals surface area (Å²) < 4.78 is 0. The topological polar surface area (TPSA) is 78.4 Å². The number of hydrogen-bond acceptors (Lipinski definition) is 3. The largest absolute Gasteiger partial charge is 0.507 e. The Morgan fingerprint density at radius 2 is 1.20 bits per heavy atom. The summed E-state index contributed by atoms with van der Waals surface area (Å²) in [4.78, 5) is 25.4. The van der Waals surface area contributed by atoms with Crippen molar-refractivity contribution < 1.29 is 14.7 Å². The van der Waals surface area contributed by atoms with E-state index in [4.69, 9.17) is 0 Å². The molecule has 0 atom stereocenters. The van der Waals surface area contributed by atoms with Gasteiger partial charge in [-0.15, -0.1) is 0 Å². The Bertz CT molecular complexity index is 1180. The van der Waals surface area contributed by atoms with Gasteiger partial charge in [0.2, 0.25) is 5.91 Å². The van der Waals surface area contributed by atoms with Gasteiger partial charge in [0, 0.05) is 23.1 Å². The number of aromatic hydroxyl groups is 1. The molecule has 3 aromatic carbocycles. The monoisotopic (exact) mass is 544 g/mol. The molecule has 0 aromatic heterocycles. The van der Waals surface area contributed by atoms with E-state index in [9.17, 15) is 14.7 Å². The van der Waals surface area contributed by atoms with E-state index in [0.29, 0.717) is 28.7 Å². The van der Waals surface area contributed by atoms with Gasteiger partial charge in [-0.3, -0.25) is 9.59 Å². The van der Waals surface area contributed by atoms with E-state index in [-0.39, 0.29) is 17.6 Å². The predicted molar refractivity (Wildman–Crippen MR) is 168 cm³/mol. The molecule has 0 saturated carbocycles. The molecule has 0 bridgehead atoms. The highest BCUT2D eigenvalue weighted by Crippen LogP contribution is 2.31. The molecule has 0 radical (unpaired) electrons. The molecule has 3 rings (SSSR count). The molecule has 40 heavy (non-hydrogen) atoms. The molecule has 0 aliphatic heterocycles. The highest BCUT2D eigenvalue weighted by atomic mass is 16.3. The summed E-state index contributed by atoms with van der Waals surface area (Å²) in [6, 6.07) is 17.7. The van der Waals surface area contributed by atoms with Gasteiger partial charge in [0.1, 0.15) is 5.75 Å². The highest BCUT2D eigenvalue weighted by molar-refractivity contribution is 6.11. The van der Waals surface area contributed by atoms with Crippen molar-refractivity contribution in [2.45, 2.75) is 110 Å². The minimum Gasteiger partial charge on any atom is -0.507 e. The van der Waals surface area contributed by atoms with Crippen LogP contribution in [0.1, 0.15) is 120 Å². The van der Waals surface area contributed by atoms with Crippen molar-refractivity contribution in [3.05, 3.63) is 66.2 Å². The molecular formula is C35H48N2O3. The van der Waals surface area contributed by atoms with Crippen LogP contribution in [-0.4, -0.2) is 16.9 Å². The van der Waals surface area contributed by atoms with Crippen molar-refractivity contribution in [1.29, 1.82) is 0 Å². The van der Waals surface area contributed by atoms with Gasteiger partial charge in [0.05, 0.1) is 5.69 Å². The first kappa shape index (κ1) is 31.2. The van der Waals surface area contributed by atoms with Crippen LogP contribution in [0.15, 0.2) is 60.7 Å². The average Bonchev–Trinajstić information content (AvgIpc) is 2.95. The van der Waals surface area contributed by atoms with E-state index < -0.39 is 0 Å². The lowest BCUT2D eigenvalue weighted by molar-refractivity contribution is -0.116. The second-order valence-electron chi connectivity index (χ2n) is 11.0. The van der Waals surface area contributed by atoms with Crippen LogP contribution in [0, 0.1) is 0 Å². The third kappa shape index (κ3) is 11.0. The molecule has 0 aliphatic rings. The van der Waals surface area contributed by atoms with Gasteiger partial charge in [-0.1, -0.05) is 127 Å². The Balaban J connectivity index is 1.28. The van der Waals surface area contributed by atoms with E-state index in [1.54, 1.807) is 42.5 Å². The van der Waals surface area contributed by atoms with Gasteiger partial charge in [-0.25, -0.2) is 0 Å². The minimum atomic E-state index is -0.297. The molecule has 0 spiro atoms. The second-order valence-corrected chi connectivity index (χ2v) is 11.0. The molecule has 0 aliphatic carbocycles. The molecule has 3 N–H and O–H groups in total. The number of fused-ring (bicyclic) bond motifs is 1. The summed E-state index contributed by atoms with van der Waals surface area (Å²) in [7, 11) is 0. The summed E-state index contributed by atoms with van der Waals surface area (Å²) in [6.07, 6.45) is 20.0. The number of rotatable bonds is 19. The Morgan fingerprint density at radius 1 is 0.650 bits per heavy atom. The van der Waals surface area contributed by atoms with Gasteiger partial charge in [0.25, 0.3) is 5.91 Å². The number of carbonyl (C=O) groups excluding carboxylic acids is 2. The van der Waals surface area contributed by atoms with Crippen molar-refractivity contribution in [3.8, 4) is 5.75 Å². The molecule has 5 heteroatoms. The molecule has 216 valence electrons. The Hall–Kier alpha value is -3.34. The molecule has 0 fully saturated rings. The van der Waals surface area contributed by atoms with Crippen LogP contribution in [0.5, 0.6) is 5.75 Å². The number of carbonyl (C=O) groups is 2. The molecule has 0 unspecified atom stereocenters. The second kappa shape index (κ2) is 18.1. The van der Waals surface area contributed by atoms with Crippen LogP contribution >= 0.6 is 0 Å². The molecule has 5 nitrogen and oxygen atoms in total. The zero-order valence-corrected chi connectivity index (χ0v) is 24.4. The lowest BCUT2D eigenvalue weighted by atomic mass is 10.0. The zero-order valence-electron chi connectivity index (χ0n) is 24.4. The van der Waals surface area contributed by atoms with Gasteiger partial charge in [-0.2, -0.15) is 0 Å². The summed E-state index contributed by atoms with van der Waals surface area (Å²) in [6.45, 7) is 2.27. The number of phenols is 1. The van der Waals surface area contributed by atoms with E-state index >= 15 is 0 Å². The van der Waals surface area contributed by atoms with Crippen LogP contribution in [0.4, 0.5) is 11.4 Å². The van der Waals surface area contributed by atoms with Gasteiger partial charge < -0.3 is 15.7 Å². The number of benzene rings is 3. The molecule has 3 aromatic rings. The fourth-order valence-electron chi connectivity index (χ4n) is 5.24. The normalized spacial score (nSPS) is 11.0. The van der Waals surface area contributed by atoms with Crippen molar-refractivity contribution >= 4 is 34.0 Å². The summed E-state index contributed by atoms with van der Waals surface area (Å²) in [5.41, 5.74) is 1.60. The zero-order chi connectivity index (χ0) is 28.4. The Kier molecular flexibility index (Phi) is 14.1. The average molecular weight is 545 g/mol. The van der Waals surface area contributed by atoms with Crippen LogP contribution < -0.4 is 10.6 Å². The number of phenolic OH excluding ortho intramolecular Hbond substituents is 1. The van der Waals surface area contributed by atoms with Crippen molar-refractivity contribution in [2.24, 2.45) is 0 Å². The lowest BCUT2D eigenvalue weighted by Crippen LogP contribution is -2.14. The fraction of sp³-hybridized carbons (Fsp3) is 0.486. The molecular weight excluding hydrogens is 496 g/mol. The van der Waals surface area contributed by atoms with Crippen LogP contribution in [0.2, 0.25) is 0 Å². The highest BCUT2D eigenvalue weighted by Gasteiger charge is 2.12. The summed E-state index contributed by atoms with van der Waals surface area (Å²) in [5, 5.41) is 17.6. The quantitative estimate of drug-likeness (QED) is 0.131. The van der Waals surface area contributed by atoms with Gasteiger partial charge >= 0.3 is 0 Å². The van der Waals surface area contributed by atoms with Crippen molar-refractivity contribution in [1.82, 2.24) is 0 Å². The van der Waals surface area contributed by atoms with Crippen LogP contribution in [-0.2, 0) is 4.79 Å². The predicted octanol–water partition coefficient (Wildman–Crippen LogP) is 10.00. The van der Waals surface area contributed by atoms with Gasteiger partial charge in [-0.05, 0) is 42.1 Å². The lowest BCUT2D eigenvalue weighted by Gasteiger charge is -2.11. The number of anilines is 2. The number of nitrogens with one attached hydrogen (secondary N) is 2. The van der Waals surface area contributed by atoms with Crippen molar-refractivity contribution in [3.63, 3.8) is 0 Å². The fourth-order valence-corrected chi connectivity index (χ4v) is 5.24. The number of unbranched alkanes of at least 4 members (excludes halogenated alkanes) is 14. The first-order valence-electron chi connectivity index (χ1n) is 15.5. The maximum absolute atomic E-state index is 12.9. The van der Waals surface area contributed by atoms with Gasteiger partial charge in [0.15, 0.2) is 0 Å². The van der Waals surface area contributed by atoms with E-state index in [0.717, 1.165) is 18.2 Å². The van der Waals surface area contributed by atoms with E-state index in [1.807, 2.05) is 18.2 Å². The first-order valence-corrected chi connectivity index (χ1v) is 15.5. The Labute approximate surface area is 240 Å². The number of hydrogen-bond donors (Lipinski definition) is 3. The number of amides is 2. The molecule has 2 amide bonds.